The van der Waals surface area contributed by atoms with E-state index < -0.39 is 11.7 Å². The van der Waals surface area contributed by atoms with Crippen LogP contribution in [-0.2, 0) is 6.54 Å². The van der Waals surface area contributed by atoms with E-state index in [1.807, 2.05) is 13.0 Å². The van der Waals surface area contributed by atoms with E-state index in [4.69, 9.17) is 0 Å². The fourth-order valence-electron chi connectivity index (χ4n) is 1.86. The Kier molecular flexibility index (Phi) is 4.30. The van der Waals surface area contributed by atoms with E-state index in [1.54, 1.807) is 18.3 Å². The number of phenols is 1. The summed E-state index contributed by atoms with van der Waals surface area (Å²) in [6, 6.07) is 8.76. The van der Waals surface area contributed by atoms with Gasteiger partial charge in [0.15, 0.2) is 0 Å². The molecule has 4 nitrogen and oxygen atoms in total. The van der Waals surface area contributed by atoms with Gasteiger partial charge >= 0.3 is 0 Å². The van der Waals surface area contributed by atoms with Crippen molar-refractivity contribution in [3.63, 3.8) is 0 Å². The molecule has 1 aromatic carbocycles. The van der Waals surface area contributed by atoms with E-state index in [0.717, 1.165) is 17.8 Å². The van der Waals surface area contributed by atoms with Crippen LogP contribution in [0.2, 0.25) is 0 Å². The molecule has 1 amide bonds. The number of hydrogen-bond acceptors (Lipinski definition) is 3. The van der Waals surface area contributed by atoms with Crippen molar-refractivity contribution in [1.29, 1.82) is 0 Å². The summed E-state index contributed by atoms with van der Waals surface area (Å²) in [5.41, 5.74) is 0.696. The van der Waals surface area contributed by atoms with Gasteiger partial charge in [0.2, 0.25) is 0 Å². The smallest absolute Gasteiger partial charge is 0.258 e. The molecule has 2 aromatic rings. The Morgan fingerprint density at radius 2 is 2.15 bits per heavy atom. The zero-order valence-corrected chi connectivity index (χ0v) is 11.1. The van der Waals surface area contributed by atoms with Crippen molar-refractivity contribution >= 4 is 5.91 Å². The summed E-state index contributed by atoms with van der Waals surface area (Å²) in [6.07, 6.45) is 1.65. The minimum atomic E-state index is -0.556. The van der Waals surface area contributed by atoms with Crippen LogP contribution in [0.4, 0.5) is 4.39 Å². The predicted octanol–water partition coefficient (Wildman–Crippen LogP) is 2.59. The van der Waals surface area contributed by atoms with Crippen LogP contribution in [0.5, 0.6) is 5.75 Å². The van der Waals surface area contributed by atoms with Gasteiger partial charge in [-0.05, 0) is 37.3 Å². The molecule has 1 N–H and O–H groups in total. The lowest BCUT2D eigenvalue weighted by molar-refractivity contribution is 0.0747. The number of aromatic nitrogens is 1. The number of carbonyl (C=O) groups is 1. The Morgan fingerprint density at radius 3 is 2.80 bits per heavy atom. The molecule has 0 aliphatic rings. The third kappa shape index (κ3) is 3.12. The number of amides is 1. The van der Waals surface area contributed by atoms with Crippen LogP contribution in [0, 0.1) is 5.82 Å². The minimum Gasteiger partial charge on any atom is -0.507 e. The highest BCUT2D eigenvalue weighted by Crippen LogP contribution is 2.20. The van der Waals surface area contributed by atoms with Gasteiger partial charge in [0.05, 0.1) is 17.8 Å². The van der Waals surface area contributed by atoms with Gasteiger partial charge < -0.3 is 10.0 Å². The molecule has 0 saturated heterocycles. The number of aromatic hydroxyl groups is 1. The van der Waals surface area contributed by atoms with E-state index in [9.17, 15) is 14.3 Å². The molecule has 0 radical (unpaired) electrons. The summed E-state index contributed by atoms with van der Waals surface area (Å²) in [5.74, 6) is -1.20. The first-order valence-electron chi connectivity index (χ1n) is 6.29. The first kappa shape index (κ1) is 14.0. The van der Waals surface area contributed by atoms with Gasteiger partial charge in [0.1, 0.15) is 11.6 Å². The molecule has 0 saturated carbocycles. The van der Waals surface area contributed by atoms with Crippen molar-refractivity contribution in [2.45, 2.75) is 13.5 Å². The molecule has 0 aliphatic heterocycles. The molecule has 0 fully saturated rings. The van der Waals surface area contributed by atoms with Gasteiger partial charge in [-0.1, -0.05) is 6.07 Å². The van der Waals surface area contributed by atoms with Crippen molar-refractivity contribution in [3.8, 4) is 5.75 Å². The second kappa shape index (κ2) is 6.14. The number of nitrogens with zero attached hydrogens (tertiary/aromatic N) is 2. The fraction of sp³-hybridized carbons (Fsp3) is 0.200. The van der Waals surface area contributed by atoms with Crippen molar-refractivity contribution in [2.75, 3.05) is 6.54 Å². The topological polar surface area (TPSA) is 53.4 Å². The van der Waals surface area contributed by atoms with Gasteiger partial charge in [-0.3, -0.25) is 9.78 Å². The van der Waals surface area contributed by atoms with Gasteiger partial charge in [0, 0.05) is 12.7 Å². The lowest BCUT2D eigenvalue weighted by atomic mass is 10.1. The van der Waals surface area contributed by atoms with Crippen LogP contribution in [0.3, 0.4) is 0 Å². The molecule has 0 bridgehead atoms. The summed E-state index contributed by atoms with van der Waals surface area (Å²) in [6.45, 7) is 2.56. The van der Waals surface area contributed by atoms with Crippen LogP contribution >= 0.6 is 0 Å². The lowest BCUT2D eigenvalue weighted by Crippen LogP contribution is -2.30. The first-order valence-corrected chi connectivity index (χ1v) is 6.29. The molecule has 1 aromatic heterocycles. The summed E-state index contributed by atoms with van der Waals surface area (Å²) in [5, 5.41) is 9.69. The number of phenolic OH excluding ortho intramolecular Hbond substituents is 1. The zero-order valence-electron chi connectivity index (χ0n) is 11.1. The van der Waals surface area contributed by atoms with E-state index in [-0.39, 0.29) is 11.3 Å². The van der Waals surface area contributed by atoms with Crippen LogP contribution in [0.15, 0.2) is 42.6 Å². The number of carbonyl (C=O) groups excluding carboxylic acids is 1. The molecular formula is C15H15FN2O2. The zero-order chi connectivity index (χ0) is 14.5. The van der Waals surface area contributed by atoms with E-state index >= 15 is 0 Å². The maximum Gasteiger partial charge on any atom is 0.258 e. The molecule has 104 valence electrons. The first-order chi connectivity index (χ1) is 9.61. The van der Waals surface area contributed by atoms with Crippen molar-refractivity contribution in [1.82, 2.24) is 9.88 Å². The van der Waals surface area contributed by atoms with E-state index in [2.05, 4.69) is 4.98 Å². The molecule has 0 aliphatic carbocycles. The number of benzene rings is 1. The third-order valence-corrected chi connectivity index (χ3v) is 2.94. The average molecular weight is 274 g/mol. The molecule has 5 heteroatoms. The number of halogens is 1. The van der Waals surface area contributed by atoms with Gasteiger partial charge in [-0.25, -0.2) is 4.39 Å². The van der Waals surface area contributed by atoms with E-state index in [1.165, 1.54) is 11.0 Å². The predicted molar refractivity (Wildman–Crippen MR) is 72.7 cm³/mol. The second-order valence-corrected chi connectivity index (χ2v) is 4.30. The van der Waals surface area contributed by atoms with Crippen molar-refractivity contribution in [2.24, 2.45) is 0 Å². The van der Waals surface area contributed by atoms with Crippen molar-refractivity contribution < 1.29 is 14.3 Å². The number of hydrogen-bond donors (Lipinski definition) is 1. The molecule has 1 heterocycles. The molecule has 0 atom stereocenters. The number of rotatable bonds is 4. The second-order valence-electron chi connectivity index (χ2n) is 4.30. The fourth-order valence-corrected chi connectivity index (χ4v) is 1.86. The SMILES string of the molecule is CCN(Cc1ccccn1)C(=O)c1cc(F)ccc1O. The van der Waals surface area contributed by atoms with Crippen LogP contribution in [-0.4, -0.2) is 27.4 Å². The van der Waals surface area contributed by atoms with Crippen LogP contribution in [0.25, 0.3) is 0 Å². The summed E-state index contributed by atoms with van der Waals surface area (Å²) >= 11 is 0. The quantitative estimate of drug-likeness (QED) is 0.932. The highest BCUT2D eigenvalue weighted by Gasteiger charge is 2.19. The van der Waals surface area contributed by atoms with Gasteiger partial charge in [0.25, 0.3) is 5.91 Å². The van der Waals surface area contributed by atoms with Crippen LogP contribution in [0.1, 0.15) is 23.0 Å². The maximum absolute atomic E-state index is 13.2. The Balaban J connectivity index is 2.23. The largest absolute Gasteiger partial charge is 0.507 e. The third-order valence-electron chi connectivity index (χ3n) is 2.94. The lowest BCUT2D eigenvalue weighted by Gasteiger charge is -2.21. The summed E-state index contributed by atoms with van der Waals surface area (Å²) < 4.78 is 13.2. The minimum absolute atomic E-state index is 0.0391. The normalized spacial score (nSPS) is 10.3. The average Bonchev–Trinajstić information content (AvgIpc) is 2.47. The summed E-state index contributed by atoms with van der Waals surface area (Å²) in [7, 11) is 0. The Bertz CT molecular complexity index is 602. The monoisotopic (exact) mass is 274 g/mol. The molecule has 2 rings (SSSR count). The standard InChI is InChI=1S/C15H15FN2O2/c1-2-18(10-12-5-3-4-8-17-12)15(20)13-9-11(16)6-7-14(13)19/h3-9,19H,2,10H2,1H3. The maximum atomic E-state index is 13.2. The van der Waals surface area contributed by atoms with Gasteiger partial charge in [-0.2, -0.15) is 0 Å². The Labute approximate surface area is 116 Å². The molecular weight excluding hydrogens is 259 g/mol. The van der Waals surface area contributed by atoms with Crippen LogP contribution < -0.4 is 0 Å². The molecule has 0 spiro atoms. The van der Waals surface area contributed by atoms with E-state index in [0.29, 0.717) is 13.1 Å². The molecule has 20 heavy (non-hydrogen) atoms. The Hall–Kier alpha value is -2.43. The number of pyridine rings is 1. The summed E-state index contributed by atoms with van der Waals surface area (Å²) in [4.78, 5) is 18.0. The van der Waals surface area contributed by atoms with Crippen molar-refractivity contribution in [3.05, 3.63) is 59.7 Å². The highest BCUT2D eigenvalue weighted by molar-refractivity contribution is 5.96. The van der Waals surface area contributed by atoms with Gasteiger partial charge in [-0.15, -0.1) is 0 Å². The highest BCUT2D eigenvalue weighted by atomic mass is 19.1. The Morgan fingerprint density at radius 1 is 1.35 bits per heavy atom. The molecule has 0 unspecified atom stereocenters.